The van der Waals surface area contributed by atoms with Crippen LogP contribution in [0.2, 0.25) is 0 Å². The first kappa shape index (κ1) is 16.1. The van der Waals surface area contributed by atoms with Gasteiger partial charge in [0.15, 0.2) is 0 Å². The lowest BCUT2D eigenvalue weighted by molar-refractivity contribution is 0.314. The van der Waals surface area contributed by atoms with Crippen molar-refractivity contribution in [2.75, 3.05) is 27.2 Å². The molecule has 0 fully saturated rings. The molecule has 0 heterocycles. The van der Waals surface area contributed by atoms with Crippen LogP contribution >= 0.6 is 0 Å². The van der Waals surface area contributed by atoms with Gasteiger partial charge in [-0.3, -0.25) is 0 Å². The van der Waals surface area contributed by atoms with Crippen LogP contribution in [-0.4, -0.2) is 46.5 Å². The van der Waals surface area contributed by atoms with E-state index in [0.29, 0.717) is 18.0 Å². The molecule has 0 amide bonds. The molecule has 1 aromatic carbocycles. The number of hydrogen-bond donors (Lipinski definition) is 2. The molecule has 0 aromatic heterocycles. The van der Waals surface area contributed by atoms with Crippen molar-refractivity contribution in [3.8, 4) is 0 Å². The van der Waals surface area contributed by atoms with E-state index in [9.17, 15) is 8.42 Å². The molecule has 5 nitrogen and oxygen atoms in total. The van der Waals surface area contributed by atoms with Crippen molar-refractivity contribution >= 4 is 10.0 Å². The van der Waals surface area contributed by atoms with E-state index in [1.165, 1.54) is 0 Å². The first-order valence-corrected chi connectivity index (χ1v) is 7.80. The van der Waals surface area contributed by atoms with Gasteiger partial charge in [0.25, 0.3) is 0 Å². The van der Waals surface area contributed by atoms with Crippen molar-refractivity contribution in [2.24, 2.45) is 5.73 Å². The predicted molar refractivity (Wildman–Crippen MR) is 77.5 cm³/mol. The largest absolute Gasteiger partial charge is 0.330 e. The predicted octanol–water partition coefficient (Wildman–Crippen LogP) is 0.416. The van der Waals surface area contributed by atoms with Gasteiger partial charge in [0.2, 0.25) is 10.0 Å². The molecule has 3 N–H and O–H groups in total. The zero-order chi connectivity index (χ0) is 14.5. The van der Waals surface area contributed by atoms with Gasteiger partial charge in [-0.15, -0.1) is 0 Å². The van der Waals surface area contributed by atoms with E-state index < -0.39 is 10.0 Å². The van der Waals surface area contributed by atoms with E-state index in [4.69, 9.17) is 5.73 Å². The summed E-state index contributed by atoms with van der Waals surface area (Å²) in [5, 5.41) is 0. The molecule has 0 saturated carbocycles. The van der Waals surface area contributed by atoms with Crippen LogP contribution in [0.1, 0.15) is 12.5 Å². The molecule has 6 heteroatoms. The fourth-order valence-electron chi connectivity index (χ4n) is 1.50. The average molecular weight is 285 g/mol. The van der Waals surface area contributed by atoms with Gasteiger partial charge in [0.05, 0.1) is 4.90 Å². The van der Waals surface area contributed by atoms with Gasteiger partial charge in [0.1, 0.15) is 0 Å². The maximum atomic E-state index is 12.1. The summed E-state index contributed by atoms with van der Waals surface area (Å²) in [4.78, 5) is 2.26. The second-order valence-electron chi connectivity index (χ2n) is 4.85. The lowest BCUT2D eigenvalue weighted by Gasteiger charge is -2.20. The maximum absolute atomic E-state index is 12.1. The summed E-state index contributed by atoms with van der Waals surface area (Å²) in [5.41, 5.74) is 6.50. The third-order valence-electron chi connectivity index (χ3n) is 3.12. The van der Waals surface area contributed by atoms with Crippen LogP contribution in [0, 0.1) is 0 Å². The van der Waals surface area contributed by atoms with E-state index >= 15 is 0 Å². The fourth-order valence-corrected chi connectivity index (χ4v) is 2.62. The Bertz CT molecular complexity index is 483. The third-order valence-corrected chi connectivity index (χ3v) is 4.56. The number of nitrogens with zero attached hydrogens (tertiary/aromatic N) is 1. The minimum atomic E-state index is -3.43. The Morgan fingerprint density at radius 3 is 2.32 bits per heavy atom. The smallest absolute Gasteiger partial charge is 0.240 e. The second kappa shape index (κ2) is 7.00. The molecule has 0 spiro atoms. The molecule has 108 valence electrons. The van der Waals surface area contributed by atoms with E-state index in [1.54, 1.807) is 24.3 Å². The van der Waals surface area contributed by atoms with Crippen molar-refractivity contribution in [3.63, 3.8) is 0 Å². The van der Waals surface area contributed by atoms with Crippen LogP contribution in [0.5, 0.6) is 0 Å². The highest BCUT2D eigenvalue weighted by Gasteiger charge is 2.15. The van der Waals surface area contributed by atoms with Gasteiger partial charge in [-0.1, -0.05) is 12.1 Å². The summed E-state index contributed by atoms with van der Waals surface area (Å²) in [5.74, 6) is 0. The van der Waals surface area contributed by atoms with Crippen LogP contribution in [-0.2, 0) is 16.4 Å². The number of nitrogens with one attached hydrogen (secondary N) is 1. The molecule has 0 aliphatic rings. The summed E-state index contributed by atoms with van der Waals surface area (Å²) < 4.78 is 26.8. The molecule has 0 bridgehead atoms. The summed E-state index contributed by atoms with van der Waals surface area (Å²) in [7, 11) is 0.406. The van der Waals surface area contributed by atoms with Crippen molar-refractivity contribution < 1.29 is 8.42 Å². The molecule has 0 saturated heterocycles. The Kier molecular flexibility index (Phi) is 5.93. The van der Waals surface area contributed by atoms with Gasteiger partial charge in [-0.25, -0.2) is 13.1 Å². The Hall–Kier alpha value is -0.950. The van der Waals surface area contributed by atoms with Crippen LogP contribution in [0.25, 0.3) is 0 Å². The number of nitrogens with two attached hydrogens (primary N) is 1. The average Bonchev–Trinajstić information content (AvgIpc) is 2.37. The van der Waals surface area contributed by atoms with Crippen molar-refractivity contribution in [3.05, 3.63) is 29.8 Å². The Morgan fingerprint density at radius 2 is 1.84 bits per heavy atom. The molecule has 1 aromatic rings. The summed E-state index contributed by atoms with van der Waals surface area (Å²) in [6.45, 7) is 2.91. The second-order valence-corrected chi connectivity index (χ2v) is 6.61. The first-order valence-electron chi connectivity index (χ1n) is 6.32. The molecule has 1 unspecified atom stereocenters. The van der Waals surface area contributed by atoms with E-state index in [-0.39, 0.29) is 6.04 Å². The number of likely N-dealkylation sites (N-methyl/N-ethyl adjacent to an activating group) is 1. The van der Waals surface area contributed by atoms with Crippen molar-refractivity contribution in [2.45, 2.75) is 24.3 Å². The Morgan fingerprint density at radius 1 is 1.26 bits per heavy atom. The lowest BCUT2D eigenvalue weighted by Crippen LogP contribution is -2.38. The molecule has 1 rings (SSSR count). The van der Waals surface area contributed by atoms with Crippen molar-refractivity contribution in [1.82, 2.24) is 9.62 Å². The minimum absolute atomic E-state index is 0.145. The Labute approximate surface area is 115 Å². The molecule has 0 aliphatic heterocycles. The third kappa shape index (κ3) is 4.91. The SMILES string of the molecule is CC(CNS(=O)(=O)c1ccc(CCN)cc1)N(C)C. The van der Waals surface area contributed by atoms with Crippen LogP contribution < -0.4 is 10.5 Å². The van der Waals surface area contributed by atoms with Gasteiger partial charge in [-0.05, 0) is 51.7 Å². The zero-order valence-electron chi connectivity index (χ0n) is 11.8. The van der Waals surface area contributed by atoms with Gasteiger partial charge in [0, 0.05) is 12.6 Å². The number of benzene rings is 1. The molecule has 19 heavy (non-hydrogen) atoms. The highest BCUT2D eigenvalue weighted by molar-refractivity contribution is 7.89. The lowest BCUT2D eigenvalue weighted by atomic mass is 10.2. The number of sulfonamides is 1. The van der Waals surface area contributed by atoms with Gasteiger partial charge < -0.3 is 10.6 Å². The van der Waals surface area contributed by atoms with E-state index in [1.807, 2.05) is 25.9 Å². The monoisotopic (exact) mass is 285 g/mol. The zero-order valence-corrected chi connectivity index (χ0v) is 12.6. The van der Waals surface area contributed by atoms with Crippen LogP contribution in [0.15, 0.2) is 29.2 Å². The fraction of sp³-hybridized carbons (Fsp3) is 0.538. The minimum Gasteiger partial charge on any atom is -0.330 e. The highest BCUT2D eigenvalue weighted by Crippen LogP contribution is 2.10. The topological polar surface area (TPSA) is 75.4 Å². The molecular formula is C13H23N3O2S. The molecule has 0 radical (unpaired) electrons. The summed E-state index contributed by atoms with van der Waals surface area (Å²) >= 11 is 0. The summed E-state index contributed by atoms with van der Waals surface area (Å²) in [6.07, 6.45) is 0.755. The molecular weight excluding hydrogens is 262 g/mol. The molecule has 0 aliphatic carbocycles. The van der Waals surface area contributed by atoms with Crippen LogP contribution in [0.3, 0.4) is 0 Å². The number of hydrogen-bond acceptors (Lipinski definition) is 4. The normalized spacial score (nSPS) is 13.7. The molecule has 1 atom stereocenters. The van der Waals surface area contributed by atoms with Gasteiger partial charge in [-0.2, -0.15) is 0 Å². The van der Waals surface area contributed by atoms with E-state index in [0.717, 1.165) is 12.0 Å². The maximum Gasteiger partial charge on any atom is 0.240 e. The summed E-state index contributed by atoms with van der Waals surface area (Å²) in [6, 6.07) is 6.99. The van der Waals surface area contributed by atoms with Crippen molar-refractivity contribution in [1.29, 1.82) is 0 Å². The first-order chi connectivity index (χ1) is 8.86. The highest BCUT2D eigenvalue weighted by atomic mass is 32.2. The number of rotatable bonds is 7. The van der Waals surface area contributed by atoms with Gasteiger partial charge >= 0.3 is 0 Å². The van der Waals surface area contributed by atoms with E-state index in [2.05, 4.69) is 4.72 Å². The Balaban J connectivity index is 2.71. The quantitative estimate of drug-likeness (QED) is 0.761. The standard InChI is InChI=1S/C13H23N3O2S/c1-11(16(2)3)10-15-19(17,18)13-6-4-12(5-7-13)8-9-14/h4-7,11,15H,8-10,14H2,1-3H3. The van der Waals surface area contributed by atoms with Crippen LogP contribution in [0.4, 0.5) is 0 Å².